The Morgan fingerprint density at radius 1 is 1.48 bits per heavy atom. The van der Waals surface area contributed by atoms with Gasteiger partial charge in [-0.05, 0) is 12.1 Å². The predicted molar refractivity (Wildman–Crippen MR) is 75.8 cm³/mol. The van der Waals surface area contributed by atoms with Gasteiger partial charge in [0.1, 0.15) is 0 Å². The second-order valence-electron chi connectivity index (χ2n) is 4.89. The Hall–Kier alpha value is -0.950. The lowest BCUT2D eigenvalue weighted by Gasteiger charge is -2.17. The minimum Gasteiger partial charge on any atom is -0.386 e. The van der Waals surface area contributed by atoms with Crippen molar-refractivity contribution in [3.8, 4) is 0 Å². The minimum absolute atomic E-state index is 0.161. The molecule has 0 aliphatic carbocycles. The first-order valence-corrected chi connectivity index (χ1v) is 7.06. The molecule has 21 heavy (non-hydrogen) atoms. The number of halogens is 4. The average molecular weight is 339 g/mol. The molecule has 2 rings (SSSR count). The van der Waals surface area contributed by atoms with E-state index in [1.165, 1.54) is 0 Å². The molecule has 1 aromatic carbocycles. The predicted octanol–water partition coefficient (Wildman–Crippen LogP) is 2.14. The van der Waals surface area contributed by atoms with Gasteiger partial charge in [0.2, 0.25) is 5.91 Å². The summed E-state index contributed by atoms with van der Waals surface area (Å²) in [5, 5.41) is 15.4. The van der Waals surface area contributed by atoms with E-state index in [2.05, 4.69) is 10.6 Å². The van der Waals surface area contributed by atoms with Crippen molar-refractivity contribution < 1.29 is 18.7 Å². The fraction of sp³-hybridized carbons (Fsp3) is 0.462. The molecule has 0 spiro atoms. The van der Waals surface area contributed by atoms with E-state index in [1.807, 2.05) is 0 Å². The molecular formula is C13H14Cl2F2N2O2. The number of amides is 1. The maximum atomic E-state index is 13.0. The van der Waals surface area contributed by atoms with Crippen molar-refractivity contribution in [1.29, 1.82) is 0 Å². The highest BCUT2D eigenvalue weighted by Gasteiger charge is 2.42. The van der Waals surface area contributed by atoms with E-state index in [9.17, 15) is 18.7 Å². The Labute approximate surface area is 130 Å². The molecule has 3 N–H and O–H groups in total. The zero-order chi connectivity index (χ0) is 15.6. The maximum absolute atomic E-state index is 13.0. The molecule has 1 aliphatic rings. The van der Waals surface area contributed by atoms with Crippen LogP contribution in [0.3, 0.4) is 0 Å². The Morgan fingerprint density at radius 3 is 2.62 bits per heavy atom. The monoisotopic (exact) mass is 338 g/mol. The Kier molecular flexibility index (Phi) is 5.03. The average Bonchev–Trinajstić information content (AvgIpc) is 2.76. The van der Waals surface area contributed by atoms with Crippen LogP contribution < -0.4 is 10.6 Å². The van der Waals surface area contributed by atoms with Crippen molar-refractivity contribution in [1.82, 2.24) is 10.6 Å². The van der Waals surface area contributed by atoms with Crippen LogP contribution in [0.4, 0.5) is 8.78 Å². The van der Waals surface area contributed by atoms with Crippen LogP contribution in [-0.4, -0.2) is 36.1 Å². The van der Waals surface area contributed by atoms with E-state index < -0.39 is 36.9 Å². The number of nitrogens with one attached hydrogen (secondary N) is 2. The lowest BCUT2D eigenvalue weighted by Crippen LogP contribution is -2.42. The summed E-state index contributed by atoms with van der Waals surface area (Å²) in [6.45, 7) is -0.685. The molecule has 1 aliphatic heterocycles. The molecular weight excluding hydrogens is 325 g/mol. The third-order valence-electron chi connectivity index (χ3n) is 3.23. The molecule has 0 bridgehead atoms. The van der Waals surface area contributed by atoms with E-state index in [4.69, 9.17) is 23.2 Å². The van der Waals surface area contributed by atoms with Gasteiger partial charge in [0.25, 0.3) is 5.92 Å². The zero-order valence-electron chi connectivity index (χ0n) is 10.9. The quantitative estimate of drug-likeness (QED) is 0.788. The number of carbonyl (C=O) groups excluding carboxylic acids is 1. The first-order chi connectivity index (χ1) is 9.80. The van der Waals surface area contributed by atoms with Crippen LogP contribution in [0.5, 0.6) is 0 Å². The van der Waals surface area contributed by atoms with Gasteiger partial charge >= 0.3 is 0 Å². The second-order valence-corrected chi connectivity index (χ2v) is 5.70. The first-order valence-electron chi connectivity index (χ1n) is 6.31. The fourth-order valence-corrected chi connectivity index (χ4v) is 2.80. The van der Waals surface area contributed by atoms with Crippen LogP contribution in [0, 0.1) is 0 Å². The molecule has 1 amide bonds. The fourth-order valence-electron chi connectivity index (χ4n) is 2.15. The van der Waals surface area contributed by atoms with Gasteiger partial charge in [-0.1, -0.05) is 29.3 Å². The van der Waals surface area contributed by atoms with Crippen LogP contribution in [0.1, 0.15) is 18.1 Å². The molecule has 0 aromatic heterocycles. The van der Waals surface area contributed by atoms with Crippen molar-refractivity contribution in [3.05, 3.63) is 33.8 Å². The van der Waals surface area contributed by atoms with Gasteiger partial charge in [-0.25, -0.2) is 8.78 Å². The molecule has 1 heterocycles. The maximum Gasteiger partial charge on any atom is 0.262 e. The standard InChI is InChI=1S/C13H14Cl2F2N2O2/c14-7-2-1-3-8(15)11(7)10(20)5-18-12(21)9-4-13(16,17)6-19-9/h1-3,9-10,19-20H,4-6H2,(H,18,21). The van der Waals surface area contributed by atoms with Gasteiger partial charge in [0.05, 0.1) is 18.7 Å². The largest absolute Gasteiger partial charge is 0.386 e. The van der Waals surface area contributed by atoms with E-state index in [0.29, 0.717) is 5.56 Å². The summed E-state index contributed by atoms with van der Waals surface area (Å²) >= 11 is 11.9. The van der Waals surface area contributed by atoms with E-state index >= 15 is 0 Å². The van der Waals surface area contributed by atoms with Gasteiger partial charge in [-0.3, -0.25) is 10.1 Å². The molecule has 4 nitrogen and oxygen atoms in total. The summed E-state index contributed by atoms with van der Waals surface area (Å²) in [4.78, 5) is 11.8. The number of carbonyl (C=O) groups is 1. The van der Waals surface area contributed by atoms with Crippen molar-refractivity contribution in [2.45, 2.75) is 24.5 Å². The number of alkyl halides is 2. The Morgan fingerprint density at radius 2 is 2.10 bits per heavy atom. The lowest BCUT2D eigenvalue weighted by atomic mass is 10.1. The number of benzene rings is 1. The van der Waals surface area contributed by atoms with Crippen LogP contribution >= 0.6 is 23.2 Å². The van der Waals surface area contributed by atoms with E-state index in [0.717, 1.165) is 0 Å². The van der Waals surface area contributed by atoms with Gasteiger partial charge in [-0.2, -0.15) is 0 Å². The van der Waals surface area contributed by atoms with Gasteiger partial charge < -0.3 is 10.4 Å². The number of hydrogen-bond donors (Lipinski definition) is 3. The highest BCUT2D eigenvalue weighted by Crippen LogP contribution is 2.30. The molecule has 1 saturated heterocycles. The molecule has 1 aromatic rings. The van der Waals surface area contributed by atoms with Crippen molar-refractivity contribution in [2.24, 2.45) is 0 Å². The Balaban J connectivity index is 1.92. The summed E-state index contributed by atoms with van der Waals surface area (Å²) < 4.78 is 26.0. The van der Waals surface area contributed by atoms with Gasteiger partial charge in [0.15, 0.2) is 0 Å². The van der Waals surface area contributed by atoms with Crippen LogP contribution in [0.2, 0.25) is 10.0 Å². The second kappa shape index (κ2) is 6.44. The number of rotatable bonds is 4. The molecule has 8 heteroatoms. The highest BCUT2D eigenvalue weighted by molar-refractivity contribution is 6.36. The molecule has 0 saturated carbocycles. The molecule has 116 valence electrons. The Bertz CT molecular complexity index is 523. The number of hydrogen-bond acceptors (Lipinski definition) is 3. The lowest BCUT2D eigenvalue weighted by molar-refractivity contribution is -0.123. The zero-order valence-corrected chi connectivity index (χ0v) is 12.4. The first kappa shape index (κ1) is 16.4. The van der Waals surface area contributed by atoms with E-state index in [1.54, 1.807) is 18.2 Å². The molecule has 2 atom stereocenters. The van der Waals surface area contributed by atoms with Gasteiger partial charge in [0, 0.05) is 28.6 Å². The number of aliphatic hydroxyl groups is 1. The smallest absolute Gasteiger partial charge is 0.262 e. The topological polar surface area (TPSA) is 61.4 Å². The van der Waals surface area contributed by atoms with Gasteiger partial charge in [-0.15, -0.1) is 0 Å². The summed E-state index contributed by atoms with van der Waals surface area (Å²) in [5.41, 5.74) is 0.297. The normalized spacial score (nSPS) is 22.0. The third-order valence-corrected chi connectivity index (χ3v) is 3.89. The molecule has 2 unspecified atom stereocenters. The van der Waals surface area contributed by atoms with Crippen molar-refractivity contribution in [2.75, 3.05) is 13.1 Å². The van der Waals surface area contributed by atoms with Crippen LogP contribution in [0.25, 0.3) is 0 Å². The van der Waals surface area contributed by atoms with Crippen LogP contribution in [0.15, 0.2) is 18.2 Å². The molecule has 1 fully saturated rings. The van der Waals surface area contributed by atoms with Crippen LogP contribution in [-0.2, 0) is 4.79 Å². The molecule has 0 radical (unpaired) electrons. The SMILES string of the molecule is O=C(NCC(O)c1c(Cl)cccc1Cl)C1CC(F)(F)CN1. The summed E-state index contributed by atoms with van der Waals surface area (Å²) in [7, 11) is 0. The highest BCUT2D eigenvalue weighted by atomic mass is 35.5. The number of aliphatic hydroxyl groups excluding tert-OH is 1. The minimum atomic E-state index is -2.88. The van der Waals surface area contributed by atoms with E-state index in [-0.39, 0.29) is 16.6 Å². The van der Waals surface area contributed by atoms with Crippen molar-refractivity contribution in [3.63, 3.8) is 0 Å². The van der Waals surface area contributed by atoms with Crippen molar-refractivity contribution >= 4 is 29.1 Å². The summed E-state index contributed by atoms with van der Waals surface area (Å²) in [6, 6.07) is 3.79. The summed E-state index contributed by atoms with van der Waals surface area (Å²) in [6.07, 6.45) is -1.67. The third kappa shape index (κ3) is 4.03. The summed E-state index contributed by atoms with van der Waals surface area (Å²) in [5.74, 6) is -3.47.